The first-order valence-electron chi connectivity index (χ1n) is 7.46. The molecule has 106 valence electrons. The zero-order valence-electron chi connectivity index (χ0n) is 12.3. The highest BCUT2D eigenvalue weighted by atomic mass is 16.3. The van der Waals surface area contributed by atoms with Crippen LogP contribution < -0.4 is 5.73 Å². The summed E-state index contributed by atoms with van der Waals surface area (Å²) in [4.78, 5) is 0. The minimum Gasteiger partial charge on any atom is -0.395 e. The first-order chi connectivity index (χ1) is 9.04. The van der Waals surface area contributed by atoms with E-state index in [1.165, 1.54) is 43.2 Å². The molecule has 1 aliphatic rings. The van der Waals surface area contributed by atoms with Crippen LogP contribution in [0.1, 0.15) is 57.1 Å². The zero-order chi connectivity index (χ0) is 13.9. The largest absolute Gasteiger partial charge is 0.395 e. The molecule has 2 heteroatoms. The van der Waals surface area contributed by atoms with Gasteiger partial charge < -0.3 is 10.8 Å². The molecule has 0 atom stereocenters. The van der Waals surface area contributed by atoms with Crippen LogP contribution in [0.4, 0.5) is 0 Å². The van der Waals surface area contributed by atoms with Crippen LogP contribution in [0.15, 0.2) is 24.3 Å². The van der Waals surface area contributed by atoms with Gasteiger partial charge in [0.15, 0.2) is 0 Å². The average molecular weight is 261 g/mol. The maximum Gasteiger partial charge on any atom is 0.0522 e. The Balaban J connectivity index is 2.26. The second kappa shape index (κ2) is 5.64. The summed E-state index contributed by atoms with van der Waals surface area (Å²) in [6.07, 6.45) is 6.36. The van der Waals surface area contributed by atoms with Gasteiger partial charge in [-0.25, -0.2) is 0 Å². The topological polar surface area (TPSA) is 46.2 Å². The van der Waals surface area contributed by atoms with E-state index >= 15 is 0 Å². The number of rotatable bonds is 4. The van der Waals surface area contributed by atoms with Crippen molar-refractivity contribution >= 4 is 0 Å². The minimum atomic E-state index is -0.166. The molecule has 0 unspecified atom stereocenters. The first kappa shape index (κ1) is 14.5. The summed E-state index contributed by atoms with van der Waals surface area (Å²) in [7, 11) is 0. The molecule has 0 aromatic heterocycles. The normalized spacial score (nSPS) is 19.4. The average Bonchev–Trinajstić information content (AvgIpc) is 2.48. The SMILES string of the molecule is CC(C)(CO)c1ccc(C2(CN)CCCCC2)cc1. The van der Waals surface area contributed by atoms with Gasteiger partial charge in [-0.05, 0) is 24.0 Å². The molecule has 0 spiro atoms. The van der Waals surface area contributed by atoms with Crippen molar-refractivity contribution in [3.8, 4) is 0 Å². The smallest absolute Gasteiger partial charge is 0.0522 e. The zero-order valence-corrected chi connectivity index (χ0v) is 12.3. The summed E-state index contributed by atoms with van der Waals surface area (Å²) >= 11 is 0. The highest BCUT2D eigenvalue weighted by Crippen LogP contribution is 2.39. The van der Waals surface area contributed by atoms with Crippen molar-refractivity contribution in [3.05, 3.63) is 35.4 Å². The molecule has 0 aliphatic heterocycles. The molecule has 1 aromatic carbocycles. The van der Waals surface area contributed by atoms with Gasteiger partial charge in [0, 0.05) is 17.4 Å². The maximum atomic E-state index is 9.44. The molecule has 1 aliphatic carbocycles. The maximum absolute atomic E-state index is 9.44. The number of aliphatic hydroxyl groups is 1. The quantitative estimate of drug-likeness (QED) is 0.874. The molecule has 3 N–H and O–H groups in total. The third-order valence-electron chi connectivity index (χ3n) is 4.88. The Morgan fingerprint density at radius 1 is 1.11 bits per heavy atom. The third kappa shape index (κ3) is 2.85. The van der Waals surface area contributed by atoms with Crippen LogP contribution in [-0.2, 0) is 10.8 Å². The van der Waals surface area contributed by atoms with E-state index in [2.05, 4.69) is 38.1 Å². The second-order valence-corrected chi connectivity index (χ2v) is 6.66. The van der Waals surface area contributed by atoms with Gasteiger partial charge in [-0.2, -0.15) is 0 Å². The van der Waals surface area contributed by atoms with E-state index in [0.717, 1.165) is 6.54 Å². The fraction of sp³-hybridized carbons (Fsp3) is 0.647. The minimum absolute atomic E-state index is 0.166. The van der Waals surface area contributed by atoms with Gasteiger partial charge in [0.2, 0.25) is 0 Å². The van der Waals surface area contributed by atoms with E-state index < -0.39 is 0 Å². The van der Waals surface area contributed by atoms with E-state index in [1.807, 2.05) is 0 Å². The summed E-state index contributed by atoms with van der Waals surface area (Å²) in [6, 6.07) is 8.78. The fourth-order valence-corrected chi connectivity index (χ4v) is 3.21. The Morgan fingerprint density at radius 2 is 1.68 bits per heavy atom. The van der Waals surface area contributed by atoms with Crippen LogP contribution in [-0.4, -0.2) is 18.3 Å². The first-order valence-corrected chi connectivity index (χ1v) is 7.46. The summed E-state index contributed by atoms with van der Waals surface area (Å²) in [5, 5.41) is 9.44. The summed E-state index contributed by atoms with van der Waals surface area (Å²) in [5.41, 5.74) is 8.69. The van der Waals surface area contributed by atoms with Gasteiger partial charge in [-0.3, -0.25) is 0 Å². The molecule has 2 rings (SSSR count). The van der Waals surface area contributed by atoms with Gasteiger partial charge in [-0.1, -0.05) is 57.4 Å². The Kier molecular flexibility index (Phi) is 4.32. The van der Waals surface area contributed by atoms with Gasteiger partial charge in [0.05, 0.1) is 6.61 Å². The van der Waals surface area contributed by atoms with Gasteiger partial charge in [0.25, 0.3) is 0 Å². The van der Waals surface area contributed by atoms with Crippen molar-refractivity contribution in [1.29, 1.82) is 0 Å². The lowest BCUT2D eigenvalue weighted by Gasteiger charge is -2.37. The van der Waals surface area contributed by atoms with Crippen molar-refractivity contribution in [2.24, 2.45) is 5.73 Å². The molecular weight excluding hydrogens is 234 g/mol. The van der Waals surface area contributed by atoms with Crippen LogP contribution >= 0.6 is 0 Å². The monoisotopic (exact) mass is 261 g/mol. The van der Waals surface area contributed by atoms with E-state index in [9.17, 15) is 5.11 Å². The highest BCUT2D eigenvalue weighted by Gasteiger charge is 2.32. The number of aliphatic hydroxyl groups excluding tert-OH is 1. The summed E-state index contributed by atoms with van der Waals surface area (Å²) in [5.74, 6) is 0. The number of nitrogens with two attached hydrogens (primary N) is 1. The lowest BCUT2D eigenvalue weighted by molar-refractivity contribution is 0.218. The van der Waals surface area contributed by atoms with Crippen LogP contribution in [0.3, 0.4) is 0 Å². The van der Waals surface area contributed by atoms with E-state index in [1.54, 1.807) is 0 Å². The van der Waals surface area contributed by atoms with Gasteiger partial charge in [0.1, 0.15) is 0 Å². The van der Waals surface area contributed by atoms with Gasteiger partial charge in [-0.15, -0.1) is 0 Å². The van der Waals surface area contributed by atoms with Crippen molar-refractivity contribution in [1.82, 2.24) is 0 Å². The Bertz CT molecular complexity index is 402. The van der Waals surface area contributed by atoms with Crippen LogP contribution in [0.25, 0.3) is 0 Å². The van der Waals surface area contributed by atoms with Crippen molar-refractivity contribution in [3.63, 3.8) is 0 Å². The second-order valence-electron chi connectivity index (χ2n) is 6.66. The predicted octanol–water partition coefficient (Wildman–Crippen LogP) is 3.12. The number of benzene rings is 1. The Hall–Kier alpha value is -0.860. The summed E-state index contributed by atoms with van der Waals surface area (Å²) < 4.78 is 0. The van der Waals surface area contributed by atoms with Crippen LogP contribution in [0, 0.1) is 0 Å². The lowest BCUT2D eigenvalue weighted by atomic mass is 9.69. The Morgan fingerprint density at radius 3 is 2.16 bits per heavy atom. The predicted molar refractivity (Wildman–Crippen MR) is 80.4 cm³/mol. The van der Waals surface area contributed by atoms with E-state index in [-0.39, 0.29) is 17.4 Å². The summed E-state index contributed by atoms with van der Waals surface area (Å²) in [6.45, 7) is 5.06. The molecule has 0 radical (unpaired) electrons. The standard InChI is InChI=1S/C17H27NO/c1-16(2,13-19)14-6-8-15(9-7-14)17(12-18)10-4-3-5-11-17/h6-9,19H,3-5,10-13,18H2,1-2H3. The van der Waals surface area contributed by atoms with Crippen molar-refractivity contribution < 1.29 is 5.11 Å². The van der Waals surface area contributed by atoms with Gasteiger partial charge >= 0.3 is 0 Å². The molecule has 19 heavy (non-hydrogen) atoms. The highest BCUT2D eigenvalue weighted by molar-refractivity contribution is 5.33. The molecule has 0 heterocycles. The van der Waals surface area contributed by atoms with E-state index in [0.29, 0.717) is 0 Å². The molecular formula is C17H27NO. The van der Waals surface area contributed by atoms with Crippen LogP contribution in [0.5, 0.6) is 0 Å². The van der Waals surface area contributed by atoms with Crippen LogP contribution in [0.2, 0.25) is 0 Å². The fourth-order valence-electron chi connectivity index (χ4n) is 3.21. The molecule has 1 fully saturated rings. The number of hydrogen-bond donors (Lipinski definition) is 2. The molecule has 0 bridgehead atoms. The molecule has 2 nitrogen and oxygen atoms in total. The van der Waals surface area contributed by atoms with E-state index in [4.69, 9.17) is 5.73 Å². The molecule has 1 saturated carbocycles. The van der Waals surface area contributed by atoms with Crippen molar-refractivity contribution in [2.75, 3.05) is 13.2 Å². The number of hydrogen-bond acceptors (Lipinski definition) is 2. The Labute approximate surface area is 117 Å². The molecule has 0 amide bonds. The molecule has 0 saturated heterocycles. The third-order valence-corrected chi connectivity index (χ3v) is 4.88. The van der Waals surface area contributed by atoms with Crippen molar-refractivity contribution in [2.45, 2.75) is 56.8 Å². The molecule has 1 aromatic rings. The lowest BCUT2D eigenvalue weighted by Crippen LogP contribution is -2.37.